The molecule has 1 aromatic rings. The zero-order chi connectivity index (χ0) is 12.8. The zero-order valence-electron chi connectivity index (χ0n) is 11.1. The number of hydrogen-bond acceptors (Lipinski definition) is 3. The fourth-order valence-electron chi connectivity index (χ4n) is 2.38. The molecule has 0 bridgehead atoms. The lowest BCUT2D eigenvalue weighted by Crippen LogP contribution is -2.23. The van der Waals surface area contributed by atoms with E-state index in [0.717, 1.165) is 18.0 Å². The molecule has 0 aromatic carbocycles. The molecule has 1 aliphatic rings. The molecule has 2 nitrogen and oxygen atoms in total. The van der Waals surface area contributed by atoms with Crippen molar-refractivity contribution >= 4 is 11.3 Å². The molecule has 3 heteroatoms. The van der Waals surface area contributed by atoms with Gasteiger partial charge in [-0.05, 0) is 44.3 Å². The van der Waals surface area contributed by atoms with Gasteiger partial charge in [-0.3, -0.25) is 4.90 Å². The van der Waals surface area contributed by atoms with Crippen molar-refractivity contribution in [3.8, 4) is 11.8 Å². The van der Waals surface area contributed by atoms with Gasteiger partial charge in [0.25, 0.3) is 0 Å². The second kappa shape index (κ2) is 6.94. The molecule has 2 N–H and O–H groups in total. The first-order valence-electron chi connectivity index (χ1n) is 6.76. The minimum atomic E-state index is 0.440. The van der Waals surface area contributed by atoms with E-state index >= 15 is 0 Å². The van der Waals surface area contributed by atoms with Crippen LogP contribution in [0.15, 0.2) is 11.4 Å². The number of hydrogen-bond donors (Lipinski definition) is 1. The largest absolute Gasteiger partial charge is 0.320 e. The smallest absolute Gasteiger partial charge is 0.0555 e. The Kier molecular flexibility index (Phi) is 5.25. The van der Waals surface area contributed by atoms with E-state index in [1.807, 2.05) is 11.3 Å². The van der Waals surface area contributed by atoms with Gasteiger partial charge in [-0.15, -0.1) is 11.3 Å². The van der Waals surface area contributed by atoms with Gasteiger partial charge in [0.1, 0.15) is 0 Å². The van der Waals surface area contributed by atoms with Gasteiger partial charge in [-0.25, -0.2) is 0 Å². The average molecular weight is 262 g/mol. The number of thiophene rings is 1. The van der Waals surface area contributed by atoms with E-state index in [9.17, 15) is 0 Å². The molecule has 0 spiro atoms. The van der Waals surface area contributed by atoms with Crippen LogP contribution in [-0.2, 0) is 6.54 Å². The molecule has 1 aromatic heterocycles. The Morgan fingerprint density at radius 1 is 1.44 bits per heavy atom. The summed E-state index contributed by atoms with van der Waals surface area (Å²) < 4.78 is 0. The van der Waals surface area contributed by atoms with Crippen molar-refractivity contribution in [3.05, 3.63) is 21.9 Å². The fourth-order valence-corrected chi connectivity index (χ4v) is 3.24. The summed E-state index contributed by atoms with van der Waals surface area (Å²) in [5.41, 5.74) is 6.50. The number of nitrogens with two attached hydrogens (primary N) is 1. The predicted molar refractivity (Wildman–Crippen MR) is 78.5 cm³/mol. The molecule has 0 amide bonds. The van der Waals surface area contributed by atoms with E-state index in [1.54, 1.807) is 0 Å². The van der Waals surface area contributed by atoms with Crippen molar-refractivity contribution in [2.75, 3.05) is 19.6 Å². The van der Waals surface area contributed by atoms with Gasteiger partial charge >= 0.3 is 0 Å². The molecule has 1 aliphatic heterocycles. The van der Waals surface area contributed by atoms with E-state index in [0.29, 0.717) is 6.54 Å². The van der Waals surface area contributed by atoms with Crippen LogP contribution in [0.2, 0.25) is 0 Å². The summed E-state index contributed by atoms with van der Waals surface area (Å²) >= 11 is 1.82. The molecule has 1 atom stereocenters. The number of likely N-dealkylation sites (tertiary alicyclic amines) is 1. The van der Waals surface area contributed by atoms with Crippen LogP contribution in [0.1, 0.15) is 36.6 Å². The highest BCUT2D eigenvalue weighted by Gasteiger charge is 2.14. The van der Waals surface area contributed by atoms with Crippen LogP contribution >= 0.6 is 11.3 Å². The minimum absolute atomic E-state index is 0.440. The van der Waals surface area contributed by atoms with Crippen molar-refractivity contribution in [1.29, 1.82) is 0 Å². The highest BCUT2D eigenvalue weighted by atomic mass is 32.1. The van der Waals surface area contributed by atoms with Crippen LogP contribution in [-0.4, -0.2) is 24.5 Å². The quantitative estimate of drug-likeness (QED) is 0.830. The summed E-state index contributed by atoms with van der Waals surface area (Å²) in [6.07, 6.45) is 4.06. The monoisotopic (exact) mass is 262 g/mol. The van der Waals surface area contributed by atoms with E-state index in [4.69, 9.17) is 5.73 Å². The maximum absolute atomic E-state index is 5.38. The lowest BCUT2D eigenvalue weighted by atomic mass is 10.0. The summed E-state index contributed by atoms with van der Waals surface area (Å²) in [6, 6.07) is 2.21. The SMILES string of the molecule is CC1CCCN(Cc2cc(C#CCN)cs2)CC1. The number of nitrogens with zero attached hydrogens (tertiary/aromatic N) is 1. The highest BCUT2D eigenvalue weighted by Crippen LogP contribution is 2.21. The Labute approximate surface area is 114 Å². The van der Waals surface area contributed by atoms with Crippen molar-refractivity contribution in [2.24, 2.45) is 11.7 Å². The van der Waals surface area contributed by atoms with E-state index in [2.05, 4.69) is 35.1 Å². The van der Waals surface area contributed by atoms with Crippen LogP contribution in [0, 0.1) is 17.8 Å². The third-order valence-corrected chi connectivity index (χ3v) is 4.40. The summed E-state index contributed by atoms with van der Waals surface area (Å²) in [5, 5.41) is 2.14. The maximum atomic E-state index is 5.38. The van der Waals surface area contributed by atoms with Gasteiger partial charge in [0, 0.05) is 22.4 Å². The standard InChI is InChI=1S/C15H22N2S/c1-13-4-3-8-17(9-6-13)11-15-10-14(12-18-15)5-2-7-16/h10,12-13H,3-4,6-9,11,16H2,1H3. The Morgan fingerprint density at radius 3 is 3.17 bits per heavy atom. The van der Waals surface area contributed by atoms with Crippen LogP contribution in [0.5, 0.6) is 0 Å². The van der Waals surface area contributed by atoms with Crippen molar-refractivity contribution in [2.45, 2.75) is 32.7 Å². The zero-order valence-corrected chi connectivity index (χ0v) is 11.9. The predicted octanol–water partition coefficient (Wildman–Crippen LogP) is 2.68. The molecule has 18 heavy (non-hydrogen) atoms. The lowest BCUT2D eigenvalue weighted by Gasteiger charge is -2.18. The van der Waals surface area contributed by atoms with Gasteiger partial charge in [-0.1, -0.05) is 18.8 Å². The fraction of sp³-hybridized carbons (Fsp3) is 0.600. The van der Waals surface area contributed by atoms with E-state index in [1.165, 1.54) is 37.2 Å². The molecule has 2 heterocycles. The van der Waals surface area contributed by atoms with Crippen LogP contribution in [0.3, 0.4) is 0 Å². The molecule has 1 unspecified atom stereocenters. The average Bonchev–Trinajstić information content (AvgIpc) is 2.70. The van der Waals surface area contributed by atoms with Crippen LogP contribution < -0.4 is 5.73 Å². The van der Waals surface area contributed by atoms with Crippen molar-refractivity contribution < 1.29 is 0 Å². The molecule has 0 radical (unpaired) electrons. The van der Waals surface area contributed by atoms with Gasteiger partial charge in [0.05, 0.1) is 6.54 Å². The highest BCUT2D eigenvalue weighted by molar-refractivity contribution is 7.10. The molecular formula is C15H22N2S. The third kappa shape index (κ3) is 4.13. The second-order valence-corrected chi connectivity index (χ2v) is 6.12. The maximum Gasteiger partial charge on any atom is 0.0555 e. The molecule has 1 saturated heterocycles. The van der Waals surface area contributed by atoms with Crippen LogP contribution in [0.25, 0.3) is 0 Å². The molecule has 1 fully saturated rings. The molecule has 0 saturated carbocycles. The summed E-state index contributed by atoms with van der Waals surface area (Å²) in [5.74, 6) is 6.90. The first-order valence-corrected chi connectivity index (χ1v) is 7.64. The summed E-state index contributed by atoms with van der Waals surface area (Å²) in [6.45, 7) is 6.38. The van der Waals surface area contributed by atoms with Gasteiger partial charge < -0.3 is 5.73 Å². The summed E-state index contributed by atoms with van der Waals surface area (Å²) in [4.78, 5) is 4.00. The first kappa shape index (κ1) is 13.6. The van der Waals surface area contributed by atoms with Gasteiger partial charge in [0.15, 0.2) is 0 Å². The molecule has 2 rings (SSSR count). The topological polar surface area (TPSA) is 29.3 Å². The Hall–Kier alpha value is -0.820. The number of rotatable bonds is 2. The van der Waals surface area contributed by atoms with E-state index < -0.39 is 0 Å². The minimum Gasteiger partial charge on any atom is -0.320 e. The summed E-state index contributed by atoms with van der Waals surface area (Å²) in [7, 11) is 0. The second-order valence-electron chi connectivity index (χ2n) is 5.12. The molecule has 98 valence electrons. The normalized spacial score (nSPS) is 21.1. The third-order valence-electron chi connectivity index (χ3n) is 3.48. The lowest BCUT2D eigenvalue weighted by molar-refractivity contribution is 0.276. The van der Waals surface area contributed by atoms with Crippen molar-refractivity contribution in [1.82, 2.24) is 4.90 Å². The van der Waals surface area contributed by atoms with E-state index in [-0.39, 0.29) is 0 Å². The molecule has 0 aliphatic carbocycles. The Balaban J connectivity index is 1.90. The van der Waals surface area contributed by atoms with Crippen LogP contribution in [0.4, 0.5) is 0 Å². The Bertz CT molecular complexity index is 427. The molecular weight excluding hydrogens is 240 g/mol. The van der Waals surface area contributed by atoms with Gasteiger partial charge in [0.2, 0.25) is 0 Å². The first-order chi connectivity index (χ1) is 8.78. The van der Waals surface area contributed by atoms with Gasteiger partial charge in [-0.2, -0.15) is 0 Å². The van der Waals surface area contributed by atoms with Crippen molar-refractivity contribution in [3.63, 3.8) is 0 Å². The Morgan fingerprint density at radius 2 is 2.33 bits per heavy atom.